The minimum absolute atomic E-state index is 0.00103. The number of benzene rings is 2. The number of hydrogen-bond acceptors (Lipinski definition) is 3. The van der Waals surface area contributed by atoms with E-state index in [-0.39, 0.29) is 17.5 Å². The summed E-state index contributed by atoms with van der Waals surface area (Å²) in [5, 5.41) is 0. The van der Waals surface area contributed by atoms with Crippen LogP contribution in [0.15, 0.2) is 48.5 Å². The van der Waals surface area contributed by atoms with Gasteiger partial charge in [-0.25, -0.2) is 4.39 Å². The van der Waals surface area contributed by atoms with Crippen LogP contribution in [0.1, 0.15) is 41.6 Å². The lowest BCUT2D eigenvalue weighted by Gasteiger charge is -2.38. The van der Waals surface area contributed by atoms with E-state index in [1.165, 1.54) is 24.8 Å². The summed E-state index contributed by atoms with van der Waals surface area (Å²) >= 11 is 0. The maximum Gasteiger partial charge on any atom is 0.169 e. The molecule has 2 unspecified atom stereocenters. The third-order valence-electron chi connectivity index (χ3n) is 5.89. The number of fused-ring (bicyclic) bond motifs is 2. The molecule has 0 aliphatic carbocycles. The first-order valence-electron chi connectivity index (χ1n) is 9.33. The van der Waals surface area contributed by atoms with Gasteiger partial charge in [0.1, 0.15) is 11.6 Å². The Kier molecular flexibility index (Phi) is 4.77. The second-order valence-electron chi connectivity index (χ2n) is 7.42. The number of carbonyl (C=O) groups excluding carboxylic acids is 1. The second kappa shape index (κ2) is 7.20. The van der Waals surface area contributed by atoms with Crippen molar-refractivity contribution < 1.29 is 13.9 Å². The van der Waals surface area contributed by atoms with Gasteiger partial charge in [-0.05, 0) is 43.4 Å². The molecule has 2 aromatic carbocycles. The van der Waals surface area contributed by atoms with Crippen molar-refractivity contribution in [2.24, 2.45) is 5.92 Å². The summed E-state index contributed by atoms with van der Waals surface area (Å²) in [5.74, 6) is 0.0576. The minimum Gasteiger partial charge on any atom is -0.496 e. The first-order valence-corrected chi connectivity index (χ1v) is 9.33. The summed E-state index contributed by atoms with van der Waals surface area (Å²) in [6.45, 7) is 0.955. The van der Waals surface area contributed by atoms with Crippen LogP contribution in [0.4, 0.5) is 4.39 Å². The molecular weight excluding hydrogens is 329 g/mol. The molecule has 2 aromatic rings. The van der Waals surface area contributed by atoms with Crippen molar-refractivity contribution in [2.45, 2.75) is 44.3 Å². The van der Waals surface area contributed by atoms with Crippen LogP contribution in [0.5, 0.6) is 5.75 Å². The van der Waals surface area contributed by atoms with Crippen LogP contribution in [0, 0.1) is 11.7 Å². The monoisotopic (exact) mass is 353 g/mol. The van der Waals surface area contributed by atoms with Crippen LogP contribution in [-0.4, -0.2) is 29.9 Å². The molecule has 2 fully saturated rings. The molecule has 2 bridgehead atoms. The molecule has 2 aliphatic heterocycles. The van der Waals surface area contributed by atoms with Gasteiger partial charge in [0.15, 0.2) is 5.78 Å². The zero-order valence-corrected chi connectivity index (χ0v) is 15.0. The summed E-state index contributed by atoms with van der Waals surface area (Å²) < 4.78 is 18.7. The molecule has 2 heterocycles. The predicted octanol–water partition coefficient (Wildman–Crippen LogP) is 4.46. The Morgan fingerprint density at radius 2 is 1.81 bits per heavy atom. The summed E-state index contributed by atoms with van der Waals surface area (Å²) in [4.78, 5) is 15.6. The highest BCUT2D eigenvalue weighted by Crippen LogP contribution is 2.41. The summed E-state index contributed by atoms with van der Waals surface area (Å²) in [6, 6.07) is 15.6. The van der Waals surface area contributed by atoms with E-state index in [0.717, 1.165) is 32.2 Å². The number of Topliss-reactive ketones (excluding diaryl/α,β-unsaturated/α-hetero) is 1. The van der Waals surface area contributed by atoms with Crippen molar-refractivity contribution in [2.75, 3.05) is 7.11 Å². The van der Waals surface area contributed by atoms with Crippen LogP contribution >= 0.6 is 0 Å². The first kappa shape index (κ1) is 17.2. The van der Waals surface area contributed by atoms with Crippen molar-refractivity contribution in [3.63, 3.8) is 0 Å². The molecule has 2 aliphatic rings. The molecule has 26 heavy (non-hydrogen) atoms. The normalized spacial score (nSPS) is 25.2. The molecule has 2 saturated heterocycles. The van der Waals surface area contributed by atoms with Crippen molar-refractivity contribution >= 4 is 5.78 Å². The van der Waals surface area contributed by atoms with E-state index in [4.69, 9.17) is 4.74 Å². The van der Waals surface area contributed by atoms with Crippen LogP contribution in [0.2, 0.25) is 0 Å². The van der Waals surface area contributed by atoms with Crippen molar-refractivity contribution in [3.05, 3.63) is 65.5 Å². The number of rotatable bonds is 5. The highest BCUT2D eigenvalue weighted by atomic mass is 19.1. The lowest BCUT2D eigenvalue weighted by atomic mass is 9.84. The molecule has 4 rings (SSSR count). The van der Waals surface area contributed by atoms with Crippen molar-refractivity contribution in [1.82, 2.24) is 4.90 Å². The zero-order chi connectivity index (χ0) is 18.1. The summed E-state index contributed by atoms with van der Waals surface area (Å²) in [7, 11) is 1.48. The van der Waals surface area contributed by atoms with E-state index in [2.05, 4.69) is 29.2 Å². The fourth-order valence-corrected chi connectivity index (χ4v) is 4.63. The molecular formula is C22H24FNO2. The first-order chi connectivity index (χ1) is 12.7. The number of hydrogen-bond donors (Lipinski definition) is 0. The van der Waals surface area contributed by atoms with E-state index >= 15 is 0 Å². The Hall–Kier alpha value is -2.20. The van der Waals surface area contributed by atoms with E-state index < -0.39 is 0 Å². The number of methoxy groups -OCH3 is 1. The smallest absolute Gasteiger partial charge is 0.169 e. The molecule has 0 aromatic heterocycles. The fourth-order valence-electron chi connectivity index (χ4n) is 4.63. The van der Waals surface area contributed by atoms with E-state index in [1.54, 1.807) is 6.07 Å². The molecule has 2 atom stereocenters. The maximum absolute atomic E-state index is 13.4. The number of ether oxygens (including phenoxy) is 1. The van der Waals surface area contributed by atoms with Gasteiger partial charge >= 0.3 is 0 Å². The minimum atomic E-state index is -0.379. The van der Waals surface area contributed by atoms with Gasteiger partial charge in [0, 0.05) is 30.6 Å². The van der Waals surface area contributed by atoms with Gasteiger partial charge in [-0.15, -0.1) is 0 Å². The molecule has 0 spiro atoms. The van der Waals surface area contributed by atoms with E-state index in [0.29, 0.717) is 23.4 Å². The highest BCUT2D eigenvalue weighted by Gasteiger charge is 2.43. The number of piperidine rings is 1. The quantitative estimate of drug-likeness (QED) is 0.743. The Bertz CT molecular complexity index is 778. The molecule has 3 nitrogen and oxygen atoms in total. The average Bonchev–Trinajstić information content (AvgIpc) is 2.89. The lowest BCUT2D eigenvalue weighted by Crippen LogP contribution is -2.44. The number of ketones is 1. The van der Waals surface area contributed by atoms with Crippen LogP contribution in [0.3, 0.4) is 0 Å². The topological polar surface area (TPSA) is 29.5 Å². The van der Waals surface area contributed by atoms with Crippen LogP contribution < -0.4 is 4.74 Å². The van der Waals surface area contributed by atoms with Gasteiger partial charge in [0.2, 0.25) is 0 Å². The average molecular weight is 353 g/mol. The highest BCUT2D eigenvalue weighted by molar-refractivity contribution is 6.00. The Morgan fingerprint density at radius 1 is 1.12 bits per heavy atom. The van der Waals surface area contributed by atoms with E-state index in [9.17, 15) is 9.18 Å². The molecule has 0 saturated carbocycles. The van der Waals surface area contributed by atoms with E-state index in [1.807, 2.05) is 6.07 Å². The Labute approximate surface area is 153 Å². The van der Waals surface area contributed by atoms with Gasteiger partial charge < -0.3 is 4.74 Å². The largest absolute Gasteiger partial charge is 0.496 e. The molecule has 0 amide bonds. The third-order valence-corrected chi connectivity index (χ3v) is 5.89. The Balaban J connectivity index is 1.49. The molecule has 0 radical (unpaired) electrons. The van der Waals surface area contributed by atoms with Gasteiger partial charge in [0.05, 0.1) is 12.7 Å². The fraction of sp³-hybridized carbons (Fsp3) is 0.409. The SMILES string of the molecule is COc1cc(F)ccc1C(=O)C1CC2CCC(C1)N2Cc1ccccc1. The van der Waals surface area contributed by atoms with Gasteiger partial charge in [0.25, 0.3) is 0 Å². The van der Waals surface area contributed by atoms with Crippen molar-refractivity contribution in [1.29, 1.82) is 0 Å². The number of nitrogens with zero attached hydrogens (tertiary/aromatic N) is 1. The predicted molar refractivity (Wildman–Crippen MR) is 98.8 cm³/mol. The lowest BCUT2D eigenvalue weighted by molar-refractivity contribution is 0.0675. The number of halogens is 1. The van der Waals surface area contributed by atoms with Gasteiger partial charge in [-0.1, -0.05) is 30.3 Å². The van der Waals surface area contributed by atoms with Crippen LogP contribution in [-0.2, 0) is 6.54 Å². The molecule has 136 valence electrons. The van der Waals surface area contributed by atoms with Crippen LogP contribution in [0.25, 0.3) is 0 Å². The summed E-state index contributed by atoms with van der Waals surface area (Å²) in [5.41, 5.74) is 1.84. The maximum atomic E-state index is 13.4. The third kappa shape index (κ3) is 3.26. The standard InChI is InChI=1S/C22H24FNO2/c1-26-21-13-17(23)7-10-20(21)22(25)16-11-18-8-9-19(12-16)24(18)14-15-5-3-2-4-6-15/h2-7,10,13,16,18-19H,8-9,11-12,14H2,1H3. The van der Waals surface area contributed by atoms with Crippen molar-refractivity contribution in [3.8, 4) is 5.75 Å². The zero-order valence-electron chi connectivity index (χ0n) is 15.0. The Morgan fingerprint density at radius 3 is 2.46 bits per heavy atom. The summed E-state index contributed by atoms with van der Waals surface area (Å²) in [6.07, 6.45) is 4.06. The second-order valence-corrected chi connectivity index (χ2v) is 7.42. The molecule has 4 heteroatoms. The molecule has 0 N–H and O–H groups in total. The number of carbonyl (C=O) groups is 1. The van der Waals surface area contributed by atoms with Gasteiger partial charge in [-0.3, -0.25) is 9.69 Å². The van der Waals surface area contributed by atoms with Gasteiger partial charge in [-0.2, -0.15) is 0 Å².